The number of carboxylic acids is 1. The van der Waals surface area contributed by atoms with Crippen LogP contribution in [0.1, 0.15) is 37.8 Å². The molecule has 1 aliphatic carbocycles. The van der Waals surface area contributed by atoms with Crippen LogP contribution >= 0.6 is 0 Å². The van der Waals surface area contributed by atoms with E-state index in [1.165, 1.54) is 21.0 Å². The van der Waals surface area contributed by atoms with Gasteiger partial charge < -0.3 is 25.2 Å². The number of aliphatic carboxylic acids is 1. The molecule has 2 aromatic rings. The predicted molar refractivity (Wildman–Crippen MR) is 123 cm³/mol. The number of benzene rings is 2. The first-order valence-electron chi connectivity index (χ1n) is 10.8. The van der Waals surface area contributed by atoms with Crippen molar-refractivity contribution in [2.45, 2.75) is 38.8 Å². The van der Waals surface area contributed by atoms with Crippen molar-refractivity contribution in [3.8, 4) is 11.1 Å². The number of hydrogen-bond acceptors (Lipinski definition) is 5. The minimum Gasteiger partial charge on any atom is -0.481 e. The van der Waals surface area contributed by atoms with Crippen LogP contribution in [-0.2, 0) is 19.1 Å². The molecule has 0 radical (unpaired) electrons. The Labute approximate surface area is 193 Å². The fourth-order valence-corrected chi connectivity index (χ4v) is 3.79. The monoisotopic (exact) mass is 454 g/mol. The van der Waals surface area contributed by atoms with Crippen molar-refractivity contribution >= 4 is 18.0 Å². The van der Waals surface area contributed by atoms with Gasteiger partial charge in [0.05, 0.1) is 11.5 Å². The third-order valence-corrected chi connectivity index (χ3v) is 6.02. The Hall–Kier alpha value is -3.39. The Morgan fingerprint density at radius 3 is 2.09 bits per heavy atom. The summed E-state index contributed by atoms with van der Waals surface area (Å²) in [7, 11) is 1.42. The second kappa shape index (κ2) is 10.0. The number of ether oxygens (including phenoxy) is 2. The van der Waals surface area contributed by atoms with Crippen molar-refractivity contribution in [3.05, 3.63) is 59.7 Å². The lowest BCUT2D eigenvalue weighted by Gasteiger charge is -2.26. The molecule has 1 aliphatic rings. The summed E-state index contributed by atoms with van der Waals surface area (Å²) in [4.78, 5) is 36.6. The quantitative estimate of drug-likeness (QED) is 0.536. The lowest BCUT2D eigenvalue weighted by atomic mass is 9.93. The number of carboxylic acid groups (broad SMARTS) is 1. The van der Waals surface area contributed by atoms with Gasteiger partial charge in [-0.2, -0.15) is 0 Å². The standard InChI is InChI=1S/C25H30N2O6/c1-15(32-4)21(22(28)26-14-25(2,3)23(29)30)27-24(31)33-13-20-18-11-7-5-9-16(18)17-10-6-8-12-19(17)20/h5-12,15,20-21H,13-14H2,1-4H3,(H,26,28)(H,27,31)(H,29,30). The normalized spacial score (nSPS) is 14.5. The first-order chi connectivity index (χ1) is 15.7. The number of hydrogen-bond donors (Lipinski definition) is 3. The number of alkyl carbamates (subject to hydrolysis) is 1. The van der Waals surface area contributed by atoms with Gasteiger partial charge in [0, 0.05) is 19.6 Å². The summed E-state index contributed by atoms with van der Waals surface area (Å²) in [6.45, 7) is 4.66. The molecular weight excluding hydrogens is 424 g/mol. The highest BCUT2D eigenvalue weighted by Gasteiger charge is 2.33. The number of nitrogens with one attached hydrogen (secondary N) is 2. The van der Waals surface area contributed by atoms with Crippen LogP contribution < -0.4 is 10.6 Å². The molecule has 0 heterocycles. The van der Waals surface area contributed by atoms with Crippen LogP contribution in [-0.4, -0.2) is 55.5 Å². The Morgan fingerprint density at radius 1 is 1.03 bits per heavy atom. The second-order valence-corrected chi connectivity index (χ2v) is 8.80. The molecule has 0 saturated carbocycles. The minimum atomic E-state index is -1.15. The predicted octanol–water partition coefficient (Wildman–Crippen LogP) is 3.16. The summed E-state index contributed by atoms with van der Waals surface area (Å²) in [5.41, 5.74) is 3.26. The molecule has 0 saturated heterocycles. The van der Waals surface area contributed by atoms with Crippen molar-refractivity contribution < 1.29 is 29.0 Å². The van der Waals surface area contributed by atoms with Crippen molar-refractivity contribution in [2.24, 2.45) is 5.41 Å². The number of fused-ring (bicyclic) bond motifs is 3. The summed E-state index contributed by atoms with van der Waals surface area (Å²) < 4.78 is 10.8. The van der Waals surface area contributed by atoms with Crippen molar-refractivity contribution in [3.63, 3.8) is 0 Å². The van der Waals surface area contributed by atoms with Gasteiger partial charge in [0.2, 0.25) is 5.91 Å². The third kappa shape index (κ3) is 5.34. The van der Waals surface area contributed by atoms with E-state index in [0.29, 0.717) is 0 Å². The molecule has 0 bridgehead atoms. The average Bonchev–Trinajstić information content (AvgIpc) is 3.13. The van der Waals surface area contributed by atoms with Crippen LogP contribution in [0.3, 0.4) is 0 Å². The maximum atomic E-state index is 12.7. The van der Waals surface area contributed by atoms with Crippen LogP contribution in [0.2, 0.25) is 0 Å². The van der Waals surface area contributed by atoms with E-state index in [9.17, 15) is 19.5 Å². The van der Waals surface area contributed by atoms with Crippen LogP contribution in [0.4, 0.5) is 4.79 Å². The van der Waals surface area contributed by atoms with Gasteiger partial charge in [-0.25, -0.2) is 4.79 Å². The zero-order valence-electron chi connectivity index (χ0n) is 19.3. The van der Waals surface area contributed by atoms with E-state index in [1.807, 2.05) is 48.5 Å². The van der Waals surface area contributed by atoms with Crippen molar-refractivity contribution in [1.29, 1.82) is 0 Å². The topological polar surface area (TPSA) is 114 Å². The molecule has 33 heavy (non-hydrogen) atoms. The van der Waals surface area contributed by atoms with E-state index in [-0.39, 0.29) is 19.1 Å². The van der Waals surface area contributed by atoms with E-state index in [4.69, 9.17) is 9.47 Å². The highest BCUT2D eigenvalue weighted by Crippen LogP contribution is 2.44. The van der Waals surface area contributed by atoms with E-state index in [1.54, 1.807) is 6.92 Å². The Balaban J connectivity index is 1.65. The molecule has 2 atom stereocenters. The lowest BCUT2D eigenvalue weighted by Crippen LogP contribution is -2.54. The Kier molecular flexibility index (Phi) is 7.38. The van der Waals surface area contributed by atoms with Gasteiger partial charge in [0.1, 0.15) is 12.6 Å². The summed E-state index contributed by atoms with van der Waals surface area (Å²) >= 11 is 0. The maximum Gasteiger partial charge on any atom is 0.407 e. The fourth-order valence-electron chi connectivity index (χ4n) is 3.79. The van der Waals surface area contributed by atoms with Gasteiger partial charge in [0.25, 0.3) is 0 Å². The van der Waals surface area contributed by atoms with E-state index < -0.39 is 35.5 Å². The van der Waals surface area contributed by atoms with Gasteiger partial charge in [-0.1, -0.05) is 48.5 Å². The van der Waals surface area contributed by atoms with E-state index in [0.717, 1.165) is 22.3 Å². The maximum absolute atomic E-state index is 12.7. The molecule has 0 aromatic heterocycles. The molecule has 176 valence electrons. The SMILES string of the molecule is COC(C)C(NC(=O)OCC1c2ccccc2-c2ccccc21)C(=O)NCC(C)(C)C(=O)O. The average molecular weight is 455 g/mol. The number of amides is 2. The summed E-state index contributed by atoms with van der Waals surface area (Å²) in [6.07, 6.45) is -1.41. The molecule has 0 fully saturated rings. The number of carbonyl (C=O) groups is 3. The molecule has 2 aromatic carbocycles. The first kappa shape index (κ1) is 24.3. The second-order valence-electron chi connectivity index (χ2n) is 8.80. The van der Waals surface area contributed by atoms with Crippen molar-refractivity contribution in [1.82, 2.24) is 10.6 Å². The van der Waals surface area contributed by atoms with Crippen LogP contribution in [0, 0.1) is 5.41 Å². The number of rotatable bonds is 9. The summed E-state index contributed by atoms with van der Waals surface area (Å²) in [5.74, 6) is -1.69. The molecule has 2 unspecified atom stereocenters. The van der Waals surface area contributed by atoms with Gasteiger partial charge in [-0.05, 0) is 43.0 Å². The Morgan fingerprint density at radius 2 is 1.58 bits per heavy atom. The van der Waals surface area contributed by atoms with Crippen LogP contribution in [0.15, 0.2) is 48.5 Å². The van der Waals surface area contributed by atoms with Crippen LogP contribution in [0.25, 0.3) is 11.1 Å². The van der Waals surface area contributed by atoms with E-state index >= 15 is 0 Å². The van der Waals surface area contributed by atoms with E-state index in [2.05, 4.69) is 10.6 Å². The van der Waals surface area contributed by atoms with Gasteiger partial charge in [0.15, 0.2) is 0 Å². The first-order valence-corrected chi connectivity index (χ1v) is 10.8. The van der Waals surface area contributed by atoms with Gasteiger partial charge in [-0.3, -0.25) is 9.59 Å². The van der Waals surface area contributed by atoms with Crippen LogP contribution in [0.5, 0.6) is 0 Å². The zero-order valence-corrected chi connectivity index (χ0v) is 19.3. The number of carbonyl (C=O) groups excluding carboxylic acids is 2. The van der Waals surface area contributed by atoms with Crippen molar-refractivity contribution in [2.75, 3.05) is 20.3 Å². The Bertz CT molecular complexity index is 990. The molecule has 8 nitrogen and oxygen atoms in total. The molecule has 3 N–H and O–H groups in total. The van der Waals surface area contributed by atoms with Gasteiger partial charge >= 0.3 is 12.1 Å². The highest BCUT2D eigenvalue weighted by atomic mass is 16.5. The fraction of sp³-hybridized carbons (Fsp3) is 0.400. The van der Waals surface area contributed by atoms with Gasteiger partial charge in [-0.15, -0.1) is 0 Å². The minimum absolute atomic E-state index is 0.0968. The zero-order chi connectivity index (χ0) is 24.2. The molecule has 2 amide bonds. The highest BCUT2D eigenvalue weighted by molar-refractivity contribution is 5.87. The molecule has 3 rings (SSSR count). The smallest absolute Gasteiger partial charge is 0.407 e. The third-order valence-electron chi connectivity index (χ3n) is 6.02. The largest absolute Gasteiger partial charge is 0.481 e. The summed E-state index contributed by atoms with van der Waals surface area (Å²) in [5, 5.41) is 14.4. The molecule has 8 heteroatoms. The molecular formula is C25H30N2O6. The molecule has 0 aliphatic heterocycles. The number of methoxy groups -OCH3 is 1. The molecule has 0 spiro atoms. The lowest BCUT2D eigenvalue weighted by molar-refractivity contribution is -0.146. The summed E-state index contributed by atoms with van der Waals surface area (Å²) in [6, 6.07) is 15.0.